The Labute approximate surface area is 115 Å². The molecular weight excluding hydrogens is 258 g/mol. The zero-order valence-corrected chi connectivity index (χ0v) is 11.2. The maximum atomic E-state index is 5.42. The van der Waals surface area contributed by atoms with Gasteiger partial charge in [0.25, 0.3) is 0 Å². The van der Waals surface area contributed by atoms with Gasteiger partial charge in [0.1, 0.15) is 5.76 Å². The fourth-order valence-electron chi connectivity index (χ4n) is 2.05. The first-order chi connectivity index (χ1) is 9.69. The molecule has 8 heteroatoms. The smallest absolute Gasteiger partial charge is 0.180 e. The summed E-state index contributed by atoms with van der Waals surface area (Å²) in [7, 11) is 0. The van der Waals surface area contributed by atoms with Gasteiger partial charge < -0.3 is 19.7 Å². The van der Waals surface area contributed by atoms with E-state index in [1.165, 1.54) is 0 Å². The van der Waals surface area contributed by atoms with Gasteiger partial charge in [-0.25, -0.2) is 15.8 Å². The molecule has 0 unspecified atom stereocenters. The lowest BCUT2D eigenvalue weighted by Crippen LogP contribution is -2.12. The quantitative estimate of drug-likeness (QED) is 0.485. The van der Waals surface area contributed by atoms with Crippen LogP contribution >= 0.6 is 0 Å². The van der Waals surface area contributed by atoms with Crippen molar-refractivity contribution in [1.29, 1.82) is 0 Å². The van der Waals surface area contributed by atoms with E-state index in [0.717, 1.165) is 22.7 Å². The fourth-order valence-corrected chi connectivity index (χ4v) is 2.05. The maximum absolute atomic E-state index is 5.42. The summed E-state index contributed by atoms with van der Waals surface area (Å²) in [4.78, 5) is 8.64. The van der Waals surface area contributed by atoms with Crippen LogP contribution in [0.2, 0.25) is 0 Å². The summed E-state index contributed by atoms with van der Waals surface area (Å²) in [6.07, 6.45) is 5.31. The van der Waals surface area contributed by atoms with E-state index in [2.05, 4.69) is 25.9 Å². The highest BCUT2D eigenvalue weighted by Crippen LogP contribution is 2.18. The summed E-state index contributed by atoms with van der Waals surface area (Å²) in [5.41, 5.74) is 5.15. The Balaban J connectivity index is 1.92. The molecule has 4 N–H and O–H groups in total. The molecule has 0 saturated heterocycles. The minimum atomic E-state index is 0.553. The van der Waals surface area contributed by atoms with E-state index in [0.29, 0.717) is 18.2 Å². The normalized spacial score (nSPS) is 10.9. The molecule has 0 bridgehead atoms. The number of anilines is 2. The number of nitrogens with one attached hydrogen (secondary N) is 2. The minimum absolute atomic E-state index is 0.553. The second-order valence-corrected chi connectivity index (χ2v) is 4.43. The van der Waals surface area contributed by atoms with E-state index in [4.69, 9.17) is 10.4 Å². The van der Waals surface area contributed by atoms with Gasteiger partial charge in [-0.15, -0.1) is 0 Å². The van der Waals surface area contributed by atoms with Gasteiger partial charge in [0.15, 0.2) is 17.3 Å². The maximum Gasteiger partial charge on any atom is 0.180 e. The summed E-state index contributed by atoms with van der Waals surface area (Å²) < 4.78 is 6.98. The van der Waals surface area contributed by atoms with Crippen LogP contribution in [0.4, 0.5) is 11.6 Å². The highest BCUT2D eigenvalue weighted by Gasteiger charge is 2.11. The Kier molecular flexibility index (Phi) is 2.99. The van der Waals surface area contributed by atoms with Crippen molar-refractivity contribution in [1.82, 2.24) is 19.5 Å². The molecule has 0 fully saturated rings. The van der Waals surface area contributed by atoms with Crippen LogP contribution in [0.15, 0.2) is 23.1 Å². The van der Waals surface area contributed by atoms with Gasteiger partial charge in [0.2, 0.25) is 0 Å². The van der Waals surface area contributed by atoms with Gasteiger partial charge in [-0.2, -0.15) is 0 Å². The summed E-state index contributed by atoms with van der Waals surface area (Å²) in [6, 6.07) is 0. The summed E-state index contributed by atoms with van der Waals surface area (Å²) >= 11 is 0. The lowest BCUT2D eigenvalue weighted by atomic mass is 10.2. The zero-order chi connectivity index (χ0) is 14.1. The monoisotopic (exact) mass is 273 g/mol. The molecule has 3 aromatic rings. The molecule has 0 aliphatic rings. The van der Waals surface area contributed by atoms with Crippen molar-refractivity contribution < 1.29 is 4.52 Å². The molecular formula is C12H15N7O. The molecule has 104 valence electrons. The highest BCUT2D eigenvalue weighted by atomic mass is 16.5. The number of nitrogens with zero attached hydrogens (tertiary/aromatic N) is 4. The Morgan fingerprint density at radius 1 is 1.40 bits per heavy atom. The minimum Gasteiger partial charge on any atom is -0.363 e. The lowest BCUT2D eigenvalue weighted by Gasteiger charge is -2.09. The molecule has 0 aliphatic carbocycles. The van der Waals surface area contributed by atoms with Crippen molar-refractivity contribution in [2.45, 2.75) is 20.4 Å². The number of hydrogen-bond acceptors (Lipinski definition) is 7. The first-order valence-corrected chi connectivity index (χ1v) is 6.15. The number of rotatable bonds is 4. The standard InChI is InChI=1S/C12H15N7O/c1-7-9(8(2)20-18-7)5-15-11-12-14-3-4-19(12)6-10(16-11)17-13/h3-4,6,17H,5,13H2,1-2H3,(H,15,16). The predicted octanol–water partition coefficient (Wildman–Crippen LogP) is 1.23. The van der Waals surface area contributed by atoms with Crippen LogP contribution in [0.3, 0.4) is 0 Å². The van der Waals surface area contributed by atoms with Crippen molar-refractivity contribution >= 4 is 17.3 Å². The van der Waals surface area contributed by atoms with E-state index in [1.807, 2.05) is 24.4 Å². The Morgan fingerprint density at radius 2 is 2.25 bits per heavy atom. The fraction of sp³-hybridized carbons (Fsp3) is 0.250. The lowest BCUT2D eigenvalue weighted by molar-refractivity contribution is 0.392. The van der Waals surface area contributed by atoms with Gasteiger partial charge in [-0.3, -0.25) is 0 Å². The summed E-state index contributed by atoms with van der Waals surface area (Å²) in [6.45, 7) is 4.35. The van der Waals surface area contributed by atoms with Crippen molar-refractivity contribution in [2.75, 3.05) is 10.7 Å². The number of aryl methyl sites for hydroxylation is 2. The Hall–Kier alpha value is -2.61. The first-order valence-electron chi connectivity index (χ1n) is 6.15. The van der Waals surface area contributed by atoms with Crippen LogP contribution in [0.25, 0.3) is 5.65 Å². The second-order valence-electron chi connectivity index (χ2n) is 4.43. The van der Waals surface area contributed by atoms with Crippen molar-refractivity contribution in [3.63, 3.8) is 0 Å². The van der Waals surface area contributed by atoms with Gasteiger partial charge in [-0.1, -0.05) is 5.16 Å². The molecule has 20 heavy (non-hydrogen) atoms. The first kappa shape index (κ1) is 12.4. The van der Waals surface area contributed by atoms with Gasteiger partial charge in [0, 0.05) is 24.5 Å². The van der Waals surface area contributed by atoms with Gasteiger partial charge >= 0.3 is 0 Å². The van der Waals surface area contributed by atoms with Crippen LogP contribution < -0.4 is 16.6 Å². The number of hydrogen-bond donors (Lipinski definition) is 3. The van der Waals surface area contributed by atoms with E-state index in [-0.39, 0.29) is 0 Å². The van der Waals surface area contributed by atoms with E-state index < -0.39 is 0 Å². The molecule has 8 nitrogen and oxygen atoms in total. The number of aromatic nitrogens is 4. The highest BCUT2D eigenvalue weighted by molar-refractivity contribution is 5.65. The van der Waals surface area contributed by atoms with Gasteiger partial charge in [0.05, 0.1) is 11.9 Å². The van der Waals surface area contributed by atoms with Crippen LogP contribution in [0, 0.1) is 13.8 Å². The Morgan fingerprint density at radius 3 is 2.95 bits per heavy atom. The van der Waals surface area contributed by atoms with E-state index >= 15 is 0 Å². The molecule has 3 heterocycles. The molecule has 3 aromatic heterocycles. The zero-order valence-electron chi connectivity index (χ0n) is 11.2. The van der Waals surface area contributed by atoms with Crippen LogP contribution in [0.1, 0.15) is 17.0 Å². The number of nitrogens with two attached hydrogens (primary N) is 1. The second kappa shape index (κ2) is 4.82. The number of hydrazine groups is 1. The molecule has 0 amide bonds. The molecule has 0 aromatic carbocycles. The average molecular weight is 273 g/mol. The average Bonchev–Trinajstić information content (AvgIpc) is 3.04. The molecule has 0 atom stereocenters. The third kappa shape index (κ3) is 2.05. The summed E-state index contributed by atoms with van der Waals surface area (Å²) in [5, 5.41) is 7.17. The van der Waals surface area contributed by atoms with Crippen LogP contribution in [-0.4, -0.2) is 19.5 Å². The molecule has 3 rings (SSSR count). The molecule has 0 saturated carbocycles. The third-order valence-electron chi connectivity index (χ3n) is 3.14. The van der Waals surface area contributed by atoms with Crippen LogP contribution in [0.5, 0.6) is 0 Å². The van der Waals surface area contributed by atoms with Crippen molar-refractivity contribution in [3.05, 3.63) is 35.6 Å². The van der Waals surface area contributed by atoms with E-state index in [1.54, 1.807) is 12.4 Å². The number of fused-ring (bicyclic) bond motifs is 1. The van der Waals surface area contributed by atoms with Crippen molar-refractivity contribution in [2.24, 2.45) is 5.84 Å². The van der Waals surface area contributed by atoms with Crippen LogP contribution in [-0.2, 0) is 6.54 Å². The van der Waals surface area contributed by atoms with Crippen molar-refractivity contribution in [3.8, 4) is 0 Å². The SMILES string of the molecule is Cc1noc(C)c1CNc1nc(NN)cn2ccnc12. The predicted molar refractivity (Wildman–Crippen MR) is 74.1 cm³/mol. The molecule has 0 radical (unpaired) electrons. The third-order valence-corrected chi connectivity index (χ3v) is 3.14. The summed E-state index contributed by atoms with van der Waals surface area (Å²) in [5.74, 6) is 7.41. The van der Waals surface area contributed by atoms with E-state index in [9.17, 15) is 0 Å². The molecule has 0 spiro atoms. The topological polar surface area (TPSA) is 106 Å². The van der Waals surface area contributed by atoms with Gasteiger partial charge in [-0.05, 0) is 13.8 Å². The number of imidazole rings is 1. The molecule has 0 aliphatic heterocycles. The number of nitrogen functional groups attached to an aromatic ring is 1. The Bertz CT molecular complexity index is 726. The largest absolute Gasteiger partial charge is 0.363 e.